The number of pyridine rings is 1. The summed E-state index contributed by atoms with van der Waals surface area (Å²) in [7, 11) is 0. The van der Waals surface area contributed by atoms with E-state index in [1.165, 1.54) is 0 Å². The lowest BCUT2D eigenvalue weighted by atomic mass is 10.5. The van der Waals surface area contributed by atoms with E-state index in [0.717, 1.165) is 4.90 Å². The summed E-state index contributed by atoms with van der Waals surface area (Å²) in [6.45, 7) is 0. The molecule has 0 radical (unpaired) electrons. The fourth-order valence-corrected chi connectivity index (χ4v) is 1.77. The average molecular weight is 219 g/mol. The summed E-state index contributed by atoms with van der Waals surface area (Å²) in [5.74, 6) is 0. The first kappa shape index (κ1) is 8.23. The first-order valence-corrected chi connectivity index (χ1v) is 4.40. The Balaban J connectivity index is 2.92. The summed E-state index contributed by atoms with van der Waals surface area (Å²) in [4.78, 5) is 4.77. The molecule has 0 saturated carbocycles. The Morgan fingerprint density at radius 2 is 2.17 bits per heavy atom. The van der Waals surface area contributed by atoms with Crippen LogP contribution in [0.4, 0.5) is 0 Å². The van der Waals surface area contributed by atoms with Crippen LogP contribution in [0.5, 0.6) is 0 Å². The molecule has 0 aliphatic carbocycles. The Labute approximate surface area is 84.5 Å². The van der Waals surface area contributed by atoms with E-state index >= 15 is 0 Å². The van der Waals surface area contributed by atoms with Crippen molar-refractivity contribution in [3.63, 3.8) is 0 Å². The quantitative estimate of drug-likeness (QED) is 0.674. The average Bonchev–Trinajstić information content (AvgIpc) is 2.33. The molecule has 0 N–H and O–H groups in total. The largest absolute Gasteiger partial charge is 0.288 e. The smallest absolute Gasteiger partial charge is 0.151 e. The van der Waals surface area contributed by atoms with Crippen molar-refractivity contribution >= 4 is 41.5 Å². The predicted octanol–water partition coefficient (Wildman–Crippen LogP) is 2.93. The summed E-state index contributed by atoms with van der Waals surface area (Å²) in [5, 5.41) is 1.12. The van der Waals surface area contributed by atoms with E-state index < -0.39 is 0 Å². The second-order valence-corrected chi connectivity index (χ2v) is 3.62. The molecule has 0 amide bonds. The van der Waals surface area contributed by atoms with Gasteiger partial charge < -0.3 is 0 Å². The Kier molecular flexibility index (Phi) is 1.94. The van der Waals surface area contributed by atoms with Gasteiger partial charge in [0.15, 0.2) is 5.65 Å². The topological polar surface area (TPSA) is 17.3 Å². The number of aromatic nitrogens is 2. The van der Waals surface area contributed by atoms with E-state index in [2.05, 4.69) is 17.6 Å². The summed E-state index contributed by atoms with van der Waals surface area (Å²) in [6.07, 6.45) is 3.26. The molecule has 5 heteroatoms. The molecule has 2 rings (SSSR count). The number of thiol groups is 1. The standard InChI is InChI=1S/C7H4Cl2N2S/c8-4-1-5(12)7-10-2-6(9)11(7)3-4/h1-3,12H. The lowest BCUT2D eigenvalue weighted by molar-refractivity contribution is 1.15. The monoisotopic (exact) mass is 218 g/mol. The normalized spacial score (nSPS) is 10.9. The number of halogens is 2. The van der Waals surface area contributed by atoms with Gasteiger partial charge in [0.25, 0.3) is 0 Å². The van der Waals surface area contributed by atoms with Gasteiger partial charge in [0.05, 0.1) is 11.2 Å². The molecule has 2 aromatic rings. The van der Waals surface area contributed by atoms with E-state index in [4.69, 9.17) is 23.2 Å². The lowest BCUT2D eigenvalue weighted by Gasteiger charge is -1.98. The number of nitrogens with zero attached hydrogens (tertiary/aromatic N) is 2. The van der Waals surface area contributed by atoms with Gasteiger partial charge in [-0.2, -0.15) is 0 Å². The van der Waals surface area contributed by atoms with Crippen LogP contribution < -0.4 is 0 Å². The molecule has 0 spiro atoms. The van der Waals surface area contributed by atoms with E-state index in [1.54, 1.807) is 22.9 Å². The molecular formula is C7H4Cl2N2S. The molecule has 0 unspecified atom stereocenters. The van der Waals surface area contributed by atoms with Crippen LogP contribution in [0.25, 0.3) is 5.65 Å². The van der Waals surface area contributed by atoms with Crippen LogP contribution in [-0.4, -0.2) is 9.38 Å². The summed E-state index contributed by atoms with van der Waals surface area (Å²) in [6, 6.07) is 1.73. The molecular weight excluding hydrogens is 215 g/mol. The molecule has 0 fully saturated rings. The van der Waals surface area contributed by atoms with E-state index in [-0.39, 0.29) is 0 Å². The number of rotatable bonds is 0. The fourth-order valence-electron chi connectivity index (χ4n) is 1.01. The Hall–Kier alpha value is -0.380. The molecule has 0 atom stereocenters. The SMILES string of the molecule is Sc1cc(Cl)cn2c(Cl)cnc12. The Morgan fingerprint density at radius 1 is 1.42 bits per heavy atom. The molecule has 2 heterocycles. The molecule has 0 saturated heterocycles. The van der Waals surface area contributed by atoms with Gasteiger partial charge in [-0.05, 0) is 6.07 Å². The van der Waals surface area contributed by atoms with Crippen molar-refractivity contribution in [2.75, 3.05) is 0 Å². The summed E-state index contributed by atoms with van der Waals surface area (Å²) in [5.41, 5.74) is 0.715. The number of hydrogen-bond donors (Lipinski definition) is 1. The first-order valence-electron chi connectivity index (χ1n) is 3.19. The van der Waals surface area contributed by atoms with Crippen molar-refractivity contribution in [2.45, 2.75) is 4.90 Å². The van der Waals surface area contributed by atoms with Gasteiger partial charge in [0.1, 0.15) is 5.15 Å². The fraction of sp³-hybridized carbons (Fsp3) is 0. The molecule has 0 aromatic carbocycles. The van der Waals surface area contributed by atoms with Crippen LogP contribution in [0, 0.1) is 0 Å². The van der Waals surface area contributed by atoms with Crippen molar-refractivity contribution in [1.29, 1.82) is 0 Å². The highest BCUT2D eigenvalue weighted by Gasteiger charge is 2.04. The zero-order valence-electron chi connectivity index (χ0n) is 5.83. The summed E-state index contributed by atoms with van der Waals surface area (Å²) >= 11 is 15.8. The minimum absolute atomic E-state index is 0.530. The van der Waals surface area contributed by atoms with Gasteiger partial charge in [-0.25, -0.2) is 4.98 Å². The lowest BCUT2D eigenvalue weighted by Crippen LogP contribution is -1.85. The van der Waals surface area contributed by atoms with Gasteiger partial charge in [-0.15, -0.1) is 12.6 Å². The van der Waals surface area contributed by atoms with Gasteiger partial charge in [0, 0.05) is 11.1 Å². The highest BCUT2D eigenvalue weighted by molar-refractivity contribution is 7.80. The van der Waals surface area contributed by atoms with Gasteiger partial charge in [0.2, 0.25) is 0 Å². The zero-order valence-corrected chi connectivity index (χ0v) is 8.24. The molecule has 2 nitrogen and oxygen atoms in total. The Bertz CT molecular complexity index is 438. The highest BCUT2D eigenvalue weighted by atomic mass is 35.5. The maximum atomic E-state index is 5.82. The third-order valence-corrected chi connectivity index (χ3v) is 2.32. The molecule has 0 aliphatic heterocycles. The molecule has 0 aliphatic rings. The van der Waals surface area contributed by atoms with Crippen molar-refractivity contribution < 1.29 is 0 Å². The van der Waals surface area contributed by atoms with Crippen molar-refractivity contribution in [3.8, 4) is 0 Å². The maximum absolute atomic E-state index is 5.82. The number of fused-ring (bicyclic) bond motifs is 1. The van der Waals surface area contributed by atoms with Crippen LogP contribution in [0.3, 0.4) is 0 Å². The van der Waals surface area contributed by atoms with E-state index in [9.17, 15) is 0 Å². The van der Waals surface area contributed by atoms with Gasteiger partial charge >= 0.3 is 0 Å². The number of imidazole rings is 1. The van der Waals surface area contributed by atoms with Gasteiger partial charge in [-0.1, -0.05) is 23.2 Å². The predicted molar refractivity (Wildman–Crippen MR) is 52.5 cm³/mol. The molecule has 0 bridgehead atoms. The molecule has 2 aromatic heterocycles. The van der Waals surface area contributed by atoms with Crippen LogP contribution in [0.15, 0.2) is 23.4 Å². The second-order valence-electron chi connectivity index (χ2n) is 2.32. The maximum Gasteiger partial charge on any atom is 0.151 e. The van der Waals surface area contributed by atoms with Crippen LogP contribution in [0.2, 0.25) is 10.2 Å². The van der Waals surface area contributed by atoms with E-state index in [0.29, 0.717) is 15.8 Å². The minimum atomic E-state index is 0.530. The summed E-state index contributed by atoms with van der Waals surface area (Å²) < 4.78 is 1.69. The third kappa shape index (κ3) is 1.18. The highest BCUT2D eigenvalue weighted by Crippen LogP contribution is 2.22. The third-order valence-electron chi connectivity index (χ3n) is 1.51. The van der Waals surface area contributed by atoms with Crippen LogP contribution in [-0.2, 0) is 0 Å². The van der Waals surface area contributed by atoms with E-state index in [1.807, 2.05) is 0 Å². The van der Waals surface area contributed by atoms with Crippen molar-refractivity contribution in [2.24, 2.45) is 0 Å². The van der Waals surface area contributed by atoms with Crippen molar-refractivity contribution in [3.05, 3.63) is 28.6 Å². The second kappa shape index (κ2) is 2.83. The van der Waals surface area contributed by atoms with Gasteiger partial charge in [-0.3, -0.25) is 4.40 Å². The zero-order chi connectivity index (χ0) is 8.72. The first-order chi connectivity index (χ1) is 5.68. The molecule has 62 valence electrons. The Morgan fingerprint density at radius 3 is 2.92 bits per heavy atom. The van der Waals surface area contributed by atoms with Crippen LogP contribution in [0.1, 0.15) is 0 Å². The van der Waals surface area contributed by atoms with Crippen LogP contribution >= 0.6 is 35.8 Å². The molecule has 12 heavy (non-hydrogen) atoms. The number of hydrogen-bond acceptors (Lipinski definition) is 2. The van der Waals surface area contributed by atoms with Crippen molar-refractivity contribution in [1.82, 2.24) is 9.38 Å². The minimum Gasteiger partial charge on any atom is -0.288 e.